The van der Waals surface area contributed by atoms with Gasteiger partial charge in [0, 0.05) is 0 Å². The molecule has 0 aromatic heterocycles. The van der Waals surface area contributed by atoms with Crippen molar-refractivity contribution in [3.63, 3.8) is 0 Å². The highest BCUT2D eigenvalue weighted by Gasteiger charge is 2.30. The Labute approximate surface area is 63.1 Å². The monoisotopic (exact) mass is 158 g/mol. The Morgan fingerprint density at radius 2 is 1.82 bits per heavy atom. The number of rotatable bonds is 0. The summed E-state index contributed by atoms with van der Waals surface area (Å²) in [4.78, 5) is 10.7. The summed E-state index contributed by atoms with van der Waals surface area (Å²) in [6.45, 7) is 0. The molecule has 6 heteroatoms. The van der Waals surface area contributed by atoms with Crippen LogP contribution in [0.3, 0.4) is 0 Å². The topological polar surface area (TPSA) is 130 Å². The van der Waals surface area contributed by atoms with Crippen molar-refractivity contribution in [2.45, 2.75) is 12.3 Å². The molecule has 11 heavy (non-hydrogen) atoms. The second-order valence-electron chi connectivity index (χ2n) is 2.26. The van der Waals surface area contributed by atoms with Gasteiger partial charge < -0.3 is 21.9 Å². The fourth-order valence-electron chi connectivity index (χ4n) is 0.735. The second kappa shape index (κ2) is 2.40. The number of hydrogen-bond acceptors (Lipinski definition) is 6. The zero-order chi connectivity index (χ0) is 8.59. The number of cyclic esters (lactones) is 1. The van der Waals surface area contributed by atoms with Crippen LogP contribution in [-0.2, 0) is 9.53 Å². The van der Waals surface area contributed by atoms with Crippen LogP contribution in [0.4, 0.5) is 0 Å². The van der Waals surface area contributed by atoms with Gasteiger partial charge in [-0.05, 0) is 0 Å². The lowest BCUT2D eigenvalue weighted by atomic mass is 10.1. The largest absolute Gasteiger partial charge is 0.440 e. The van der Waals surface area contributed by atoms with Gasteiger partial charge in [-0.1, -0.05) is 0 Å². The predicted octanol–water partition coefficient (Wildman–Crippen LogP) is -2.72. The lowest BCUT2D eigenvalue weighted by Gasteiger charge is -2.26. The normalized spacial score (nSPS) is 32.0. The van der Waals surface area contributed by atoms with Crippen LogP contribution in [0.25, 0.3) is 0 Å². The maximum Gasteiger partial charge on any atom is 0.357 e. The molecule has 0 bridgehead atoms. The Kier molecular flexibility index (Phi) is 1.71. The maximum absolute atomic E-state index is 10.7. The van der Waals surface area contributed by atoms with E-state index >= 15 is 0 Å². The van der Waals surface area contributed by atoms with E-state index < -0.39 is 18.2 Å². The van der Waals surface area contributed by atoms with E-state index in [2.05, 4.69) is 4.74 Å². The molecular formula is C5H10N4O2. The van der Waals surface area contributed by atoms with E-state index in [0.29, 0.717) is 0 Å². The summed E-state index contributed by atoms with van der Waals surface area (Å²) in [5, 5.41) is 0. The molecule has 0 spiro atoms. The van der Waals surface area contributed by atoms with Crippen LogP contribution in [0.1, 0.15) is 0 Å². The minimum Gasteiger partial charge on any atom is -0.440 e. The summed E-state index contributed by atoms with van der Waals surface area (Å²) >= 11 is 0. The number of esters is 1. The Morgan fingerprint density at radius 1 is 1.27 bits per heavy atom. The molecule has 0 aromatic carbocycles. The molecule has 2 atom stereocenters. The first-order valence-corrected chi connectivity index (χ1v) is 3.01. The first-order valence-electron chi connectivity index (χ1n) is 3.01. The smallest absolute Gasteiger partial charge is 0.357 e. The first kappa shape index (κ1) is 7.83. The second-order valence-corrected chi connectivity index (χ2v) is 2.26. The van der Waals surface area contributed by atoms with Crippen molar-refractivity contribution < 1.29 is 9.53 Å². The molecule has 6 nitrogen and oxygen atoms in total. The van der Waals surface area contributed by atoms with Gasteiger partial charge in [0.1, 0.15) is 5.70 Å². The van der Waals surface area contributed by atoms with Crippen molar-refractivity contribution in [2.75, 3.05) is 0 Å². The van der Waals surface area contributed by atoms with E-state index in [1.807, 2.05) is 0 Å². The number of carbonyl (C=O) groups excluding carboxylic acids is 1. The van der Waals surface area contributed by atoms with Gasteiger partial charge in [0.05, 0.1) is 11.7 Å². The average molecular weight is 158 g/mol. The van der Waals surface area contributed by atoms with Gasteiger partial charge in [-0.2, -0.15) is 0 Å². The molecule has 2 unspecified atom stereocenters. The summed E-state index contributed by atoms with van der Waals surface area (Å²) in [7, 11) is 0. The Balaban J connectivity index is 2.98. The molecule has 0 aliphatic carbocycles. The quantitative estimate of drug-likeness (QED) is 0.283. The molecule has 0 amide bonds. The molecular weight excluding hydrogens is 148 g/mol. The number of ether oxygens (including phenoxy) is 1. The number of carbonyl (C=O) groups is 1. The van der Waals surface area contributed by atoms with Crippen LogP contribution in [0.2, 0.25) is 0 Å². The highest BCUT2D eigenvalue weighted by Crippen LogP contribution is 2.09. The third kappa shape index (κ3) is 1.13. The van der Waals surface area contributed by atoms with Crippen molar-refractivity contribution in [2.24, 2.45) is 22.9 Å². The molecule has 0 fully saturated rings. The molecule has 1 aliphatic rings. The zero-order valence-electron chi connectivity index (χ0n) is 5.78. The van der Waals surface area contributed by atoms with Gasteiger partial charge in [0.2, 0.25) is 0 Å². The highest BCUT2D eigenvalue weighted by atomic mass is 16.6. The summed E-state index contributed by atoms with van der Waals surface area (Å²) < 4.78 is 4.53. The Hall–Kier alpha value is -1.27. The Morgan fingerprint density at radius 3 is 2.36 bits per heavy atom. The minimum atomic E-state index is -0.894. The third-order valence-corrected chi connectivity index (χ3v) is 1.49. The van der Waals surface area contributed by atoms with Crippen LogP contribution in [-0.4, -0.2) is 18.2 Å². The van der Waals surface area contributed by atoms with Crippen molar-refractivity contribution in [1.29, 1.82) is 0 Å². The Bertz CT molecular complexity index is 225. The maximum atomic E-state index is 10.7. The molecule has 1 rings (SSSR count). The summed E-state index contributed by atoms with van der Waals surface area (Å²) in [6.07, 6.45) is -0.894. The number of hydrogen-bond donors (Lipinski definition) is 4. The molecule has 0 aromatic rings. The minimum absolute atomic E-state index is 0.0914. The van der Waals surface area contributed by atoms with Crippen molar-refractivity contribution in [1.82, 2.24) is 0 Å². The molecule has 8 N–H and O–H groups in total. The van der Waals surface area contributed by atoms with Gasteiger partial charge in [-0.25, -0.2) is 4.79 Å². The van der Waals surface area contributed by atoms with Crippen LogP contribution in [0.5, 0.6) is 0 Å². The van der Waals surface area contributed by atoms with Crippen molar-refractivity contribution >= 4 is 5.97 Å². The first-order chi connectivity index (χ1) is 5.04. The summed E-state index contributed by atoms with van der Waals surface area (Å²) in [5.74, 6) is -0.711. The number of nitrogens with two attached hydrogens (primary N) is 4. The lowest BCUT2D eigenvalue weighted by molar-refractivity contribution is -0.146. The van der Waals surface area contributed by atoms with Crippen molar-refractivity contribution in [3.05, 3.63) is 11.4 Å². The fraction of sp³-hybridized carbons (Fsp3) is 0.400. The molecule has 62 valence electrons. The summed E-state index contributed by atoms with van der Waals surface area (Å²) in [5.41, 5.74) is 21.2. The van der Waals surface area contributed by atoms with E-state index in [1.165, 1.54) is 0 Å². The molecule has 1 heterocycles. The van der Waals surface area contributed by atoms with E-state index in [4.69, 9.17) is 22.9 Å². The lowest BCUT2D eigenvalue weighted by Crippen LogP contribution is -2.53. The van der Waals surface area contributed by atoms with Gasteiger partial charge in [0.15, 0.2) is 6.23 Å². The fourth-order valence-corrected chi connectivity index (χ4v) is 0.735. The molecule has 0 saturated heterocycles. The molecule has 0 saturated carbocycles. The molecule has 0 radical (unpaired) electrons. The van der Waals surface area contributed by atoms with Gasteiger partial charge in [-0.15, -0.1) is 0 Å². The van der Waals surface area contributed by atoms with E-state index in [1.54, 1.807) is 0 Å². The zero-order valence-corrected chi connectivity index (χ0v) is 5.78. The van der Waals surface area contributed by atoms with Crippen molar-refractivity contribution in [3.8, 4) is 0 Å². The van der Waals surface area contributed by atoms with E-state index in [0.717, 1.165) is 0 Å². The third-order valence-electron chi connectivity index (χ3n) is 1.49. The molecule has 1 aliphatic heterocycles. The van der Waals surface area contributed by atoms with E-state index in [9.17, 15) is 4.79 Å². The van der Waals surface area contributed by atoms with Gasteiger partial charge >= 0.3 is 5.97 Å². The van der Waals surface area contributed by atoms with E-state index in [-0.39, 0.29) is 11.4 Å². The van der Waals surface area contributed by atoms with Gasteiger partial charge in [-0.3, -0.25) is 5.73 Å². The standard InChI is InChI=1S/C5H10N4O2/c6-1-2(7)4(9)11-5(10)3(1)8/h2,4H,6-9H2. The van der Waals surface area contributed by atoms with Crippen LogP contribution in [0.15, 0.2) is 11.4 Å². The average Bonchev–Trinajstić information content (AvgIpc) is 1.97. The van der Waals surface area contributed by atoms with Crippen LogP contribution >= 0.6 is 0 Å². The summed E-state index contributed by atoms with van der Waals surface area (Å²) in [6, 6.07) is -0.701. The van der Waals surface area contributed by atoms with Crippen LogP contribution < -0.4 is 22.9 Å². The highest BCUT2D eigenvalue weighted by molar-refractivity contribution is 5.89. The predicted molar refractivity (Wildman–Crippen MR) is 37.4 cm³/mol. The van der Waals surface area contributed by atoms with Crippen LogP contribution in [0, 0.1) is 0 Å². The van der Waals surface area contributed by atoms with Gasteiger partial charge in [0.25, 0.3) is 0 Å². The SMILES string of the molecule is NC1=C(N)C(N)C(N)OC1=O.